The normalized spacial score (nSPS) is 20.0. The van der Waals surface area contributed by atoms with Gasteiger partial charge < -0.3 is 14.4 Å². The standard InChI is InChI=1S/C22H23F3N2O4/c1-10(2)22(3)7-12-6-14(31-9-11-4-5-11)17(20(24)25)26-16(12)18-15(23)19(28)13(21(29)30)8-27(18)22/h6,8,10-11,20H,4-5,7,9H2,1-3H3,(H,29,30). The van der Waals surface area contributed by atoms with E-state index in [9.17, 15) is 23.5 Å². The Hall–Kier alpha value is -2.84. The van der Waals surface area contributed by atoms with E-state index in [1.807, 2.05) is 20.8 Å². The number of aromatic carboxylic acids is 1. The average molecular weight is 436 g/mol. The molecule has 1 aliphatic carbocycles. The number of ether oxygens (including phenoxy) is 1. The molecule has 166 valence electrons. The fourth-order valence-corrected chi connectivity index (χ4v) is 3.96. The molecule has 2 aromatic rings. The van der Waals surface area contributed by atoms with Crippen molar-refractivity contribution in [2.75, 3.05) is 6.61 Å². The Morgan fingerprint density at radius 3 is 2.61 bits per heavy atom. The zero-order valence-corrected chi connectivity index (χ0v) is 17.4. The monoisotopic (exact) mass is 436 g/mol. The van der Waals surface area contributed by atoms with Crippen molar-refractivity contribution in [2.45, 2.75) is 52.0 Å². The van der Waals surface area contributed by atoms with Crippen LogP contribution in [-0.2, 0) is 12.0 Å². The van der Waals surface area contributed by atoms with Gasteiger partial charge in [-0.25, -0.2) is 22.9 Å². The number of rotatable bonds is 6. The Labute approximate surface area is 176 Å². The van der Waals surface area contributed by atoms with Crippen LogP contribution < -0.4 is 10.2 Å². The van der Waals surface area contributed by atoms with Crippen LogP contribution in [0.15, 0.2) is 17.1 Å². The number of halogens is 3. The molecule has 1 fully saturated rings. The second-order valence-corrected chi connectivity index (χ2v) is 8.83. The van der Waals surface area contributed by atoms with Crippen molar-refractivity contribution in [3.05, 3.63) is 45.1 Å². The number of alkyl halides is 2. The predicted octanol–water partition coefficient (Wildman–Crippen LogP) is 4.40. The maximum atomic E-state index is 15.2. The van der Waals surface area contributed by atoms with Crippen LogP contribution in [0, 0.1) is 17.7 Å². The fourth-order valence-electron chi connectivity index (χ4n) is 3.96. The minimum Gasteiger partial charge on any atom is -0.491 e. The summed E-state index contributed by atoms with van der Waals surface area (Å²) in [6.07, 6.45) is 0.389. The summed E-state index contributed by atoms with van der Waals surface area (Å²) >= 11 is 0. The quantitative estimate of drug-likeness (QED) is 0.726. The minimum atomic E-state index is -2.96. The highest BCUT2D eigenvalue weighted by molar-refractivity contribution is 5.87. The molecule has 1 atom stereocenters. The Morgan fingerprint density at radius 2 is 2.06 bits per heavy atom. The first-order valence-electron chi connectivity index (χ1n) is 10.2. The molecule has 4 rings (SSSR count). The van der Waals surface area contributed by atoms with Crippen molar-refractivity contribution < 1.29 is 27.8 Å². The van der Waals surface area contributed by atoms with Gasteiger partial charge in [-0.15, -0.1) is 0 Å². The van der Waals surface area contributed by atoms with Crippen molar-refractivity contribution in [1.29, 1.82) is 0 Å². The Kier molecular flexibility index (Phi) is 5.10. The van der Waals surface area contributed by atoms with Crippen molar-refractivity contribution in [3.63, 3.8) is 0 Å². The van der Waals surface area contributed by atoms with Gasteiger partial charge in [0.05, 0.1) is 12.3 Å². The molecule has 1 unspecified atom stereocenters. The molecule has 0 amide bonds. The van der Waals surface area contributed by atoms with Gasteiger partial charge in [-0.1, -0.05) is 13.8 Å². The highest BCUT2D eigenvalue weighted by Gasteiger charge is 2.41. The van der Waals surface area contributed by atoms with Gasteiger partial charge in [0, 0.05) is 11.7 Å². The van der Waals surface area contributed by atoms with E-state index in [1.54, 1.807) is 0 Å². The number of hydrogen-bond acceptors (Lipinski definition) is 4. The molecule has 1 aliphatic heterocycles. The third kappa shape index (κ3) is 3.49. The topological polar surface area (TPSA) is 81.4 Å². The Balaban J connectivity index is 1.98. The van der Waals surface area contributed by atoms with E-state index in [0.29, 0.717) is 18.1 Å². The van der Waals surface area contributed by atoms with Crippen LogP contribution in [-0.4, -0.2) is 27.2 Å². The summed E-state index contributed by atoms with van der Waals surface area (Å²) in [6.45, 7) is 5.90. The highest BCUT2D eigenvalue weighted by atomic mass is 19.3. The number of hydrogen-bond donors (Lipinski definition) is 1. The molecule has 0 spiro atoms. The summed E-state index contributed by atoms with van der Waals surface area (Å²) in [4.78, 5) is 27.9. The molecule has 0 saturated heterocycles. The van der Waals surface area contributed by atoms with E-state index >= 15 is 4.39 Å². The number of pyridine rings is 2. The summed E-state index contributed by atoms with van der Waals surface area (Å²) < 4.78 is 49.7. The number of aromatic nitrogens is 2. The molecule has 9 heteroatoms. The number of carboxylic acids is 1. The van der Waals surface area contributed by atoms with E-state index in [2.05, 4.69) is 4.98 Å². The van der Waals surface area contributed by atoms with E-state index in [4.69, 9.17) is 4.74 Å². The predicted molar refractivity (Wildman–Crippen MR) is 106 cm³/mol. The van der Waals surface area contributed by atoms with Crippen molar-refractivity contribution in [2.24, 2.45) is 11.8 Å². The van der Waals surface area contributed by atoms with Crippen LogP contribution in [0.1, 0.15) is 61.7 Å². The maximum Gasteiger partial charge on any atom is 0.341 e. The van der Waals surface area contributed by atoms with Crippen LogP contribution in [0.25, 0.3) is 11.4 Å². The van der Waals surface area contributed by atoms with Gasteiger partial charge in [-0.3, -0.25) is 4.79 Å². The van der Waals surface area contributed by atoms with Crippen molar-refractivity contribution >= 4 is 5.97 Å². The van der Waals surface area contributed by atoms with Crippen LogP contribution in [0.4, 0.5) is 13.2 Å². The number of carboxylic acid groups (broad SMARTS) is 1. The van der Waals surface area contributed by atoms with Gasteiger partial charge in [-0.2, -0.15) is 0 Å². The molecular formula is C22H23F3N2O4. The van der Waals surface area contributed by atoms with Gasteiger partial charge in [-0.05, 0) is 49.7 Å². The first-order chi connectivity index (χ1) is 14.5. The molecule has 1 N–H and O–H groups in total. The number of nitrogens with zero attached hydrogens (tertiary/aromatic N) is 2. The van der Waals surface area contributed by atoms with Gasteiger partial charge in [0.15, 0.2) is 5.82 Å². The summed E-state index contributed by atoms with van der Waals surface area (Å²) in [6, 6.07) is 1.46. The third-order valence-electron chi connectivity index (χ3n) is 6.42. The first kappa shape index (κ1) is 21.4. The zero-order valence-electron chi connectivity index (χ0n) is 17.4. The fraction of sp³-hybridized carbons (Fsp3) is 0.500. The SMILES string of the molecule is CC(C)C1(C)Cc2cc(OCC3CC3)c(C(F)F)nc2-c2c(F)c(=O)c(C(=O)O)cn21. The second kappa shape index (κ2) is 7.39. The lowest BCUT2D eigenvalue weighted by molar-refractivity contribution is 0.0692. The van der Waals surface area contributed by atoms with Crippen molar-refractivity contribution in [3.8, 4) is 17.1 Å². The molecule has 0 bridgehead atoms. The molecule has 2 aromatic heterocycles. The summed E-state index contributed by atoms with van der Waals surface area (Å²) in [7, 11) is 0. The number of fused-ring (bicyclic) bond motifs is 3. The largest absolute Gasteiger partial charge is 0.491 e. The molecule has 0 radical (unpaired) electrons. The van der Waals surface area contributed by atoms with Crippen LogP contribution in [0.5, 0.6) is 5.75 Å². The van der Waals surface area contributed by atoms with E-state index in [-0.39, 0.29) is 29.5 Å². The lowest BCUT2D eigenvalue weighted by atomic mass is 9.78. The Morgan fingerprint density at radius 1 is 1.39 bits per heavy atom. The van der Waals surface area contributed by atoms with Gasteiger partial charge in [0.1, 0.15) is 22.7 Å². The molecule has 6 nitrogen and oxygen atoms in total. The molecule has 31 heavy (non-hydrogen) atoms. The molecule has 3 heterocycles. The van der Waals surface area contributed by atoms with Crippen LogP contribution in [0.3, 0.4) is 0 Å². The summed E-state index contributed by atoms with van der Waals surface area (Å²) in [5.41, 5.74) is -3.33. The molecule has 1 saturated carbocycles. The van der Waals surface area contributed by atoms with Gasteiger partial charge >= 0.3 is 5.97 Å². The minimum absolute atomic E-state index is 0.0369. The Bertz CT molecular complexity index is 1120. The molecular weight excluding hydrogens is 413 g/mol. The van der Waals surface area contributed by atoms with E-state index in [0.717, 1.165) is 19.0 Å². The van der Waals surface area contributed by atoms with E-state index < -0.39 is 40.4 Å². The van der Waals surface area contributed by atoms with Gasteiger partial charge in [0.25, 0.3) is 6.43 Å². The summed E-state index contributed by atoms with van der Waals surface area (Å²) in [5, 5.41) is 9.35. The highest BCUT2D eigenvalue weighted by Crippen LogP contribution is 2.44. The number of carbonyl (C=O) groups is 1. The van der Waals surface area contributed by atoms with Crippen molar-refractivity contribution in [1.82, 2.24) is 9.55 Å². The van der Waals surface area contributed by atoms with Gasteiger partial charge in [0.2, 0.25) is 5.43 Å². The third-order valence-corrected chi connectivity index (χ3v) is 6.42. The maximum absolute atomic E-state index is 15.2. The molecule has 2 aliphatic rings. The molecule has 0 aromatic carbocycles. The average Bonchev–Trinajstić information content (AvgIpc) is 3.52. The first-order valence-corrected chi connectivity index (χ1v) is 10.2. The van der Waals surface area contributed by atoms with Crippen LogP contribution in [0.2, 0.25) is 0 Å². The van der Waals surface area contributed by atoms with Crippen LogP contribution >= 0.6 is 0 Å². The lowest BCUT2D eigenvalue weighted by Crippen LogP contribution is -2.44. The second-order valence-electron chi connectivity index (χ2n) is 8.83. The zero-order chi connectivity index (χ0) is 22.7. The summed E-state index contributed by atoms with van der Waals surface area (Å²) in [5.74, 6) is -2.67. The smallest absolute Gasteiger partial charge is 0.341 e. The lowest BCUT2D eigenvalue weighted by Gasteiger charge is -2.42. The van der Waals surface area contributed by atoms with E-state index in [1.165, 1.54) is 10.6 Å².